The number of nitrogens with one attached hydrogen (secondary N) is 1. The molecule has 1 fully saturated rings. The Balaban J connectivity index is 0.00000261. The first-order valence-corrected chi connectivity index (χ1v) is 9.22. The lowest BCUT2D eigenvalue weighted by Crippen LogP contribution is -2.48. The van der Waals surface area contributed by atoms with Crippen LogP contribution < -0.4 is 10.1 Å². The van der Waals surface area contributed by atoms with Gasteiger partial charge in [-0.3, -0.25) is 4.99 Å². The Morgan fingerprint density at radius 1 is 1.41 bits per heavy atom. The molecule has 0 saturated carbocycles. The van der Waals surface area contributed by atoms with Crippen molar-refractivity contribution in [2.45, 2.75) is 32.9 Å². The molecule has 3 rings (SSSR count). The number of imidazole rings is 1. The lowest BCUT2D eigenvalue weighted by molar-refractivity contribution is 0.189. The van der Waals surface area contributed by atoms with Crippen molar-refractivity contribution >= 4 is 29.9 Å². The molecule has 0 spiro atoms. The Bertz CT molecular complexity index is 721. The van der Waals surface area contributed by atoms with Crippen LogP contribution in [0.1, 0.15) is 31.9 Å². The molecule has 2 unspecified atom stereocenters. The molecule has 148 valence electrons. The van der Waals surface area contributed by atoms with Gasteiger partial charge in [0.2, 0.25) is 5.88 Å². The first kappa shape index (κ1) is 21.5. The molecule has 27 heavy (non-hydrogen) atoms. The van der Waals surface area contributed by atoms with Crippen LogP contribution in [-0.2, 0) is 6.54 Å². The number of rotatable bonds is 5. The summed E-state index contributed by atoms with van der Waals surface area (Å²) in [6.45, 7) is 7.52. The van der Waals surface area contributed by atoms with Crippen LogP contribution in [0.25, 0.3) is 0 Å². The molecule has 1 aliphatic heterocycles. The fourth-order valence-corrected chi connectivity index (χ4v) is 3.40. The van der Waals surface area contributed by atoms with E-state index in [1.807, 2.05) is 44.8 Å². The Kier molecular flexibility index (Phi) is 8.33. The molecule has 2 aromatic rings. The van der Waals surface area contributed by atoms with Crippen LogP contribution in [0.5, 0.6) is 5.88 Å². The van der Waals surface area contributed by atoms with Gasteiger partial charge >= 0.3 is 0 Å². The zero-order valence-electron chi connectivity index (χ0n) is 16.2. The van der Waals surface area contributed by atoms with E-state index in [1.54, 1.807) is 6.20 Å². The first-order chi connectivity index (χ1) is 12.7. The van der Waals surface area contributed by atoms with E-state index < -0.39 is 0 Å². The van der Waals surface area contributed by atoms with Gasteiger partial charge < -0.3 is 19.5 Å². The predicted molar refractivity (Wildman–Crippen MR) is 118 cm³/mol. The highest BCUT2D eigenvalue weighted by atomic mass is 127. The Morgan fingerprint density at radius 3 is 2.96 bits per heavy atom. The van der Waals surface area contributed by atoms with Gasteiger partial charge in [0.1, 0.15) is 0 Å². The second-order valence-corrected chi connectivity index (χ2v) is 6.63. The summed E-state index contributed by atoms with van der Waals surface area (Å²) in [5.41, 5.74) is 1.13. The van der Waals surface area contributed by atoms with Gasteiger partial charge in [0.25, 0.3) is 0 Å². The molecule has 0 aliphatic carbocycles. The van der Waals surface area contributed by atoms with Crippen LogP contribution in [0.15, 0.2) is 42.0 Å². The zero-order valence-corrected chi connectivity index (χ0v) is 18.5. The van der Waals surface area contributed by atoms with Gasteiger partial charge in [-0.1, -0.05) is 6.92 Å². The highest BCUT2D eigenvalue weighted by molar-refractivity contribution is 14.0. The minimum Gasteiger partial charge on any atom is -0.478 e. The number of hydrogen-bond acceptors (Lipinski definition) is 4. The number of ether oxygens (including phenoxy) is 1. The predicted octanol–water partition coefficient (Wildman–Crippen LogP) is 2.95. The number of guanidine groups is 1. The standard InChI is InChI=1S/C19H28N6O.HI/c1-4-26-18-11-16(5-7-22-18)12-23-19(20-3)24-9-6-15(2)17(13-24)25-10-8-21-14-25;/h5,7-8,10-11,14-15,17H,4,6,9,12-13H2,1-3H3,(H,20,23);1H. The summed E-state index contributed by atoms with van der Waals surface area (Å²) in [6, 6.07) is 4.38. The molecule has 0 bridgehead atoms. The molecule has 1 saturated heterocycles. The molecule has 2 aromatic heterocycles. The average Bonchev–Trinajstić information content (AvgIpc) is 3.18. The molecule has 0 radical (unpaired) electrons. The highest BCUT2D eigenvalue weighted by Crippen LogP contribution is 2.27. The fourth-order valence-electron chi connectivity index (χ4n) is 3.40. The Hall–Kier alpha value is -1.84. The number of hydrogen-bond donors (Lipinski definition) is 1. The van der Waals surface area contributed by atoms with E-state index in [-0.39, 0.29) is 24.0 Å². The lowest BCUT2D eigenvalue weighted by atomic mass is 9.93. The smallest absolute Gasteiger partial charge is 0.213 e. The maximum Gasteiger partial charge on any atom is 0.213 e. The minimum absolute atomic E-state index is 0. The van der Waals surface area contributed by atoms with E-state index in [0.717, 1.165) is 31.0 Å². The van der Waals surface area contributed by atoms with Crippen LogP contribution in [0.2, 0.25) is 0 Å². The fraction of sp³-hybridized carbons (Fsp3) is 0.526. The molecular weight excluding hydrogens is 455 g/mol. The first-order valence-electron chi connectivity index (χ1n) is 9.22. The lowest BCUT2D eigenvalue weighted by Gasteiger charge is -2.39. The van der Waals surface area contributed by atoms with E-state index in [9.17, 15) is 0 Å². The van der Waals surface area contributed by atoms with Crippen molar-refractivity contribution in [3.63, 3.8) is 0 Å². The highest BCUT2D eigenvalue weighted by Gasteiger charge is 2.28. The molecule has 8 heteroatoms. The van der Waals surface area contributed by atoms with Crippen molar-refractivity contribution in [2.75, 3.05) is 26.7 Å². The van der Waals surface area contributed by atoms with Crippen molar-refractivity contribution < 1.29 is 4.74 Å². The van der Waals surface area contributed by atoms with Crippen LogP contribution in [0, 0.1) is 5.92 Å². The number of aliphatic imine (C=N–C) groups is 1. The van der Waals surface area contributed by atoms with Crippen molar-refractivity contribution in [1.29, 1.82) is 0 Å². The molecule has 2 atom stereocenters. The Labute approximate surface area is 178 Å². The normalized spacial score (nSPS) is 20.1. The number of aromatic nitrogens is 3. The molecular formula is C19H29IN6O. The maximum atomic E-state index is 5.47. The van der Waals surface area contributed by atoms with Crippen molar-refractivity contribution in [3.8, 4) is 5.88 Å². The number of pyridine rings is 1. The second-order valence-electron chi connectivity index (χ2n) is 6.63. The molecule has 1 N–H and O–H groups in total. The van der Waals surface area contributed by atoms with Gasteiger partial charge in [-0.05, 0) is 30.9 Å². The Morgan fingerprint density at radius 2 is 2.26 bits per heavy atom. The second kappa shape index (κ2) is 10.5. The topological polar surface area (TPSA) is 67.6 Å². The molecule has 7 nitrogen and oxygen atoms in total. The monoisotopic (exact) mass is 484 g/mol. The molecule has 3 heterocycles. The molecule has 0 aromatic carbocycles. The van der Waals surface area contributed by atoms with Gasteiger partial charge in [-0.2, -0.15) is 0 Å². The molecule has 0 amide bonds. The summed E-state index contributed by atoms with van der Waals surface area (Å²) in [4.78, 5) is 15.2. The van der Waals surface area contributed by atoms with E-state index in [0.29, 0.717) is 31.0 Å². The summed E-state index contributed by atoms with van der Waals surface area (Å²) in [5, 5.41) is 3.47. The third-order valence-corrected chi connectivity index (χ3v) is 4.88. The van der Waals surface area contributed by atoms with E-state index >= 15 is 0 Å². The minimum atomic E-state index is 0. The number of halogens is 1. The largest absolute Gasteiger partial charge is 0.478 e. The number of likely N-dealkylation sites (tertiary alicyclic amines) is 1. The van der Waals surface area contributed by atoms with Gasteiger partial charge in [-0.15, -0.1) is 24.0 Å². The van der Waals surface area contributed by atoms with Gasteiger partial charge in [0, 0.05) is 51.3 Å². The summed E-state index contributed by atoms with van der Waals surface area (Å²) < 4.78 is 7.68. The molecule has 1 aliphatic rings. The zero-order chi connectivity index (χ0) is 18.4. The van der Waals surface area contributed by atoms with Gasteiger partial charge in [0.05, 0.1) is 19.0 Å². The van der Waals surface area contributed by atoms with Crippen molar-refractivity contribution in [1.82, 2.24) is 24.8 Å². The summed E-state index contributed by atoms with van der Waals surface area (Å²) in [5.74, 6) is 2.21. The van der Waals surface area contributed by atoms with E-state index in [2.05, 4.69) is 36.7 Å². The van der Waals surface area contributed by atoms with Crippen molar-refractivity contribution in [3.05, 3.63) is 42.6 Å². The van der Waals surface area contributed by atoms with Crippen LogP contribution in [0.4, 0.5) is 0 Å². The van der Waals surface area contributed by atoms with E-state index in [4.69, 9.17) is 4.74 Å². The van der Waals surface area contributed by atoms with Gasteiger partial charge in [-0.25, -0.2) is 9.97 Å². The van der Waals surface area contributed by atoms with E-state index in [1.165, 1.54) is 0 Å². The average molecular weight is 484 g/mol. The number of nitrogens with zero attached hydrogens (tertiary/aromatic N) is 5. The van der Waals surface area contributed by atoms with Crippen LogP contribution in [0.3, 0.4) is 0 Å². The third-order valence-electron chi connectivity index (χ3n) is 4.88. The SMILES string of the molecule is CCOc1cc(CNC(=NC)N2CCC(C)C(n3ccnc3)C2)ccn1.I. The van der Waals surface area contributed by atoms with Crippen molar-refractivity contribution in [2.24, 2.45) is 10.9 Å². The quantitative estimate of drug-likeness (QED) is 0.402. The van der Waals surface area contributed by atoms with Gasteiger partial charge in [0.15, 0.2) is 5.96 Å². The van der Waals surface area contributed by atoms with Crippen LogP contribution >= 0.6 is 24.0 Å². The maximum absolute atomic E-state index is 5.47. The third kappa shape index (κ3) is 5.57. The van der Waals surface area contributed by atoms with Crippen LogP contribution in [-0.4, -0.2) is 52.1 Å². The number of piperidine rings is 1. The summed E-state index contributed by atoms with van der Waals surface area (Å²) in [7, 11) is 1.84. The summed E-state index contributed by atoms with van der Waals surface area (Å²) in [6.07, 6.45) is 8.72. The summed E-state index contributed by atoms with van der Waals surface area (Å²) >= 11 is 0.